The molecule has 0 unspecified atom stereocenters. The van der Waals surface area contributed by atoms with Crippen LogP contribution in [0.15, 0.2) is 24.3 Å². The topological polar surface area (TPSA) is 54.0 Å². The summed E-state index contributed by atoms with van der Waals surface area (Å²) in [6.45, 7) is 2.18. The minimum absolute atomic E-state index is 0.0808. The highest BCUT2D eigenvalue weighted by Gasteiger charge is 2.30. The number of halogens is 3. The van der Waals surface area contributed by atoms with Crippen molar-refractivity contribution in [3.63, 3.8) is 0 Å². The maximum atomic E-state index is 12.7. The maximum Gasteiger partial charge on any atom is 0.416 e. The molecular weight excluding hydrogens is 339 g/mol. The molecule has 0 saturated carbocycles. The molecule has 24 heavy (non-hydrogen) atoms. The number of carbonyl (C=O) groups is 1. The van der Waals surface area contributed by atoms with E-state index in [-0.39, 0.29) is 5.69 Å². The van der Waals surface area contributed by atoms with Gasteiger partial charge >= 0.3 is 12.2 Å². The quantitative estimate of drug-likeness (QED) is 0.802. The number of rotatable bonds is 2. The Bertz CT molecular complexity index is 757. The maximum absolute atomic E-state index is 12.7. The fourth-order valence-corrected chi connectivity index (χ4v) is 3.79. The summed E-state index contributed by atoms with van der Waals surface area (Å²) in [5, 5.41) is 5.48. The molecule has 3 rings (SSSR count). The van der Waals surface area contributed by atoms with Gasteiger partial charge in [-0.1, -0.05) is 13.0 Å². The van der Waals surface area contributed by atoms with Crippen molar-refractivity contribution in [2.45, 2.75) is 32.4 Å². The van der Waals surface area contributed by atoms with E-state index in [1.165, 1.54) is 28.3 Å². The molecule has 0 radical (unpaired) electrons. The van der Waals surface area contributed by atoms with E-state index < -0.39 is 17.8 Å². The van der Waals surface area contributed by atoms with Crippen molar-refractivity contribution in [1.82, 2.24) is 4.98 Å². The summed E-state index contributed by atoms with van der Waals surface area (Å²) < 4.78 is 38.0. The van der Waals surface area contributed by atoms with Crippen molar-refractivity contribution in [2.75, 3.05) is 10.6 Å². The summed E-state index contributed by atoms with van der Waals surface area (Å²) in [6.07, 6.45) is -1.53. The van der Waals surface area contributed by atoms with E-state index in [2.05, 4.69) is 22.5 Å². The van der Waals surface area contributed by atoms with Gasteiger partial charge in [0, 0.05) is 10.6 Å². The summed E-state index contributed by atoms with van der Waals surface area (Å²) in [5.41, 5.74) is 0.281. The first-order valence-electron chi connectivity index (χ1n) is 7.55. The van der Waals surface area contributed by atoms with E-state index in [1.807, 2.05) is 0 Å². The van der Waals surface area contributed by atoms with Gasteiger partial charge in [0.15, 0.2) is 5.13 Å². The lowest BCUT2D eigenvalue weighted by molar-refractivity contribution is -0.137. The minimum Gasteiger partial charge on any atom is -0.308 e. The number of nitrogens with one attached hydrogen (secondary N) is 2. The highest BCUT2D eigenvalue weighted by Crippen LogP contribution is 2.33. The predicted octanol–water partition coefficient (Wildman–Crippen LogP) is 4.93. The molecule has 0 saturated heterocycles. The Balaban J connectivity index is 1.66. The summed E-state index contributed by atoms with van der Waals surface area (Å²) in [5.74, 6) is 0.602. The first-order valence-corrected chi connectivity index (χ1v) is 8.37. The first kappa shape index (κ1) is 16.8. The van der Waals surface area contributed by atoms with Gasteiger partial charge in [0.1, 0.15) is 0 Å². The standard InChI is InChI=1S/C16H16F3N3OS/c1-9-5-6-12-13(7-9)24-15(21-12)22-14(23)20-11-4-2-3-10(8-11)16(17,18)19/h2-4,8-9H,5-7H2,1H3,(H2,20,21,22,23)/t9-/m0/s1. The Morgan fingerprint density at radius 2 is 2.12 bits per heavy atom. The largest absolute Gasteiger partial charge is 0.416 e. The van der Waals surface area contributed by atoms with Crippen molar-refractivity contribution >= 4 is 28.2 Å². The van der Waals surface area contributed by atoms with E-state index in [9.17, 15) is 18.0 Å². The van der Waals surface area contributed by atoms with Crippen LogP contribution in [-0.2, 0) is 19.0 Å². The average molecular weight is 355 g/mol. The van der Waals surface area contributed by atoms with Gasteiger partial charge in [0.05, 0.1) is 11.3 Å². The number of carbonyl (C=O) groups excluding carboxylic acids is 1. The number of amides is 2. The first-order chi connectivity index (χ1) is 11.3. The van der Waals surface area contributed by atoms with Crippen LogP contribution in [0.2, 0.25) is 0 Å². The van der Waals surface area contributed by atoms with Crippen LogP contribution in [0.4, 0.5) is 28.8 Å². The molecule has 1 heterocycles. The lowest BCUT2D eigenvalue weighted by Gasteiger charge is -2.15. The fourth-order valence-electron chi connectivity index (χ4n) is 2.63. The van der Waals surface area contributed by atoms with Crippen molar-refractivity contribution in [2.24, 2.45) is 5.92 Å². The molecule has 1 atom stereocenters. The van der Waals surface area contributed by atoms with Crippen molar-refractivity contribution < 1.29 is 18.0 Å². The number of hydrogen-bond donors (Lipinski definition) is 2. The van der Waals surface area contributed by atoms with Crippen LogP contribution >= 0.6 is 11.3 Å². The molecule has 1 aromatic carbocycles. The van der Waals surface area contributed by atoms with Crippen molar-refractivity contribution in [1.29, 1.82) is 0 Å². The third kappa shape index (κ3) is 3.87. The second kappa shape index (κ2) is 6.43. The molecule has 2 aromatic rings. The molecule has 1 aliphatic rings. The Hall–Kier alpha value is -2.09. The van der Waals surface area contributed by atoms with Gasteiger partial charge in [0.25, 0.3) is 0 Å². The second-order valence-corrected chi connectivity index (χ2v) is 6.98. The molecule has 128 valence electrons. The number of nitrogens with zero attached hydrogens (tertiary/aromatic N) is 1. The number of fused-ring (bicyclic) bond motifs is 1. The van der Waals surface area contributed by atoms with Crippen LogP contribution in [0.1, 0.15) is 29.5 Å². The van der Waals surface area contributed by atoms with Crippen LogP contribution < -0.4 is 10.6 Å². The zero-order valence-electron chi connectivity index (χ0n) is 12.9. The molecule has 2 amide bonds. The van der Waals surface area contributed by atoms with Crippen LogP contribution in [-0.4, -0.2) is 11.0 Å². The number of alkyl halides is 3. The highest BCUT2D eigenvalue weighted by atomic mass is 32.1. The van der Waals surface area contributed by atoms with E-state index >= 15 is 0 Å². The van der Waals surface area contributed by atoms with Gasteiger partial charge in [0.2, 0.25) is 0 Å². The zero-order valence-corrected chi connectivity index (χ0v) is 13.7. The SMILES string of the molecule is C[C@H]1CCc2nc(NC(=O)Nc3cccc(C(F)(F)F)c3)sc2C1. The summed E-state index contributed by atoms with van der Waals surface area (Å²) in [6, 6.07) is 3.91. The molecule has 0 fully saturated rings. The van der Waals surface area contributed by atoms with Gasteiger partial charge in [-0.15, -0.1) is 11.3 Å². The molecule has 0 spiro atoms. The van der Waals surface area contributed by atoms with E-state index in [0.29, 0.717) is 11.0 Å². The fraction of sp³-hybridized carbons (Fsp3) is 0.375. The number of anilines is 2. The lowest BCUT2D eigenvalue weighted by Crippen LogP contribution is -2.19. The molecular formula is C16H16F3N3OS. The number of aryl methyl sites for hydroxylation is 1. The normalized spacial score (nSPS) is 17.2. The Labute approximate surface area is 141 Å². The Morgan fingerprint density at radius 1 is 1.33 bits per heavy atom. The van der Waals surface area contributed by atoms with Crippen molar-refractivity contribution in [3.8, 4) is 0 Å². The Morgan fingerprint density at radius 3 is 2.88 bits per heavy atom. The monoisotopic (exact) mass is 355 g/mol. The molecule has 1 aromatic heterocycles. The molecule has 8 heteroatoms. The number of urea groups is 1. The molecule has 2 N–H and O–H groups in total. The van der Waals surface area contributed by atoms with Gasteiger partial charge in [-0.25, -0.2) is 9.78 Å². The molecule has 0 bridgehead atoms. The Kier molecular flexibility index (Phi) is 4.49. The van der Waals surface area contributed by atoms with Crippen LogP contribution in [0.3, 0.4) is 0 Å². The third-order valence-electron chi connectivity index (χ3n) is 3.85. The lowest BCUT2D eigenvalue weighted by atomic mass is 9.93. The average Bonchev–Trinajstić information content (AvgIpc) is 2.87. The van der Waals surface area contributed by atoms with E-state index in [0.717, 1.165) is 37.1 Å². The summed E-state index contributed by atoms with van der Waals surface area (Å²) in [7, 11) is 0. The number of benzene rings is 1. The molecule has 1 aliphatic carbocycles. The van der Waals surface area contributed by atoms with Gasteiger partial charge in [-0.05, 0) is 43.4 Å². The zero-order chi connectivity index (χ0) is 17.3. The van der Waals surface area contributed by atoms with Crippen molar-refractivity contribution in [3.05, 3.63) is 40.4 Å². The number of hydrogen-bond acceptors (Lipinski definition) is 3. The van der Waals surface area contributed by atoms with Gasteiger partial charge in [-0.3, -0.25) is 5.32 Å². The number of aromatic nitrogens is 1. The van der Waals surface area contributed by atoms with Crippen LogP contribution in [0.25, 0.3) is 0 Å². The summed E-state index contributed by atoms with van der Waals surface area (Å²) >= 11 is 1.42. The van der Waals surface area contributed by atoms with Gasteiger partial charge in [-0.2, -0.15) is 13.2 Å². The molecule has 0 aliphatic heterocycles. The van der Waals surface area contributed by atoms with Crippen LogP contribution in [0.5, 0.6) is 0 Å². The smallest absolute Gasteiger partial charge is 0.308 e. The predicted molar refractivity (Wildman–Crippen MR) is 87.4 cm³/mol. The number of thiazole rings is 1. The highest BCUT2D eigenvalue weighted by molar-refractivity contribution is 7.15. The van der Waals surface area contributed by atoms with E-state index in [1.54, 1.807) is 0 Å². The summed E-state index contributed by atoms with van der Waals surface area (Å²) in [4.78, 5) is 17.5. The second-order valence-electron chi connectivity index (χ2n) is 5.89. The molecule has 4 nitrogen and oxygen atoms in total. The minimum atomic E-state index is -4.45. The van der Waals surface area contributed by atoms with Crippen LogP contribution in [0, 0.1) is 5.92 Å². The van der Waals surface area contributed by atoms with Gasteiger partial charge < -0.3 is 5.32 Å². The third-order valence-corrected chi connectivity index (χ3v) is 4.89. The van der Waals surface area contributed by atoms with E-state index in [4.69, 9.17) is 0 Å².